The van der Waals surface area contributed by atoms with Gasteiger partial charge in [-0.3, -0.25) is 4.98 Å². The molecule has 92 valence electrons. The molecule has 0 atom stereocenters. The Bertz CT molecular complexity index is 433. The largest absolute Gasteiger partial charge is 0.501 e. The number of hydrogen-bond donors (Lipinski definition) is 0. The summed E-state index contributed by atoms with van der Waals surface area (Å²) in [7, 11) is 0. The molecule has 0 fully saturated rings. The van der Waals surface area contributed by atoms with Crippen molar-refractivity contribution in [1.82, 2.24) is 4.98 Å². The van der Waals surface area contributed by atoms with Crippen LogP contribution in [0.15, 0.2) is 18.7 Å². The van der Waals surface area contributed by atoms with Crippen LogP contribution in [0.25, 0.3) is 5.57 Å². The average Bonchev–Trinajstić information content (AvgIpc) is 2.50. The van der Waals surface area contributed by atoms with Gasteiger partial charge in [-0.25, -0.2) is 0 Å². The molecule has 0 amide bonds. The van der Waals surface area contributed by atoms with Crippen molar-refractivity contribution < 1.29 is 4.74 Å². The van der Waals surface area contributed by atoms with E-state index in [1.54, 1.807) is 0 Å². The number of nitrogens with zero attached hydrogens (tertiary/aromatic N) is 1. The summed E-state index contributed by atoms with van der Waals surface area (Å²) in [6.07, 6.45) is 6.90. The summed E-state index contributed by atoms with van der Waals surface area (Å²) in [5.74, 6) is 0.976. The first-order chi connectivity index (χ1) is 8.11. The number of fused-ring (bicyclic) bond motifs is 1. The molecule has 0 aromatic carbocycles. The number of hydrogen-bond acceptors (Lipinski definition) is 2. The van der Waals surface area contributed by atoms with Gasteiger partial charge in [-0.2, -0.15) is 0 Å². The third-order valence-electron chi connectivity index (χ3n) is 3.29. The summed E-state index contributed by atoms with van der Waals surface area (Å²) < 4.78 is 5.60. The molecule has 2 heteroatoms. The maximum atomic E-state index is 5.60. The first kappa shape index (κ1) is 12.2. The summed E-state index contributed by atoms with van der Waals surface area (Å²) in [4.78, 5) is 4.37. The number of aromatic nitrogens is 1. The predicted octanol–water partition coefficient (Wildman–Crippen LogP) is 3.77. The molecule has 17 heavy (non-hydrogen) atoms. The van der Waals surface area contributed by atoms with Gasteiger partial charge in [0.05, 0.1) is 12.9 Å². The van der Waals surface area contributed by atoms with Gasteiger partial charge in [-0.1, -0.05) is 27.7 Å². The molecule has 2 nitrogen and oxygen atoms in total. The highest BCUT2D eigenvalue weighted by molar-refractivity contribution is 5.72. The van der Waals surface area contributed by atoms with Crippen LogP contribution in [0.3, 0.4) is 0 Å². The molecule has 0 saturated carbocycles. The second-order valence-electron chi connectivity index (χ2n) is 5.27. The maximum absolute atomic E-state index is 5.60. The summed E-state index contributed by atoms with van der Waals surface area (Å²) in [6.45, 7) is 9.64. The van der Waals surface area contributed by atoms with Crippen molar-refractivity contribution in [3.05, 3.63) is 35.3 Å². The first-order valence-corrected chi connectivity index (χ1v) is 6.40. The number of ether oxygens (including phenoxy) is 1. The van der Waals surface area contributed by atoms with Crippen molar-refractivity contribution >= 4 is 5.57 Å². The smallest absolute Gasteiger partial charge is 0.0914 e. The van der Waals surface area contributed by atoms with Crippen LogP contribution >= 0.6 is 0 Å². The second-order valence-corrected chi connectivity index (χ2v) is 5.27. The molecule has 0 N–H and O–H groups in total. The van der Waals surface area contributed by atoms with E-state index in [4.69, 9.17) is 4.74 Å². The Hall–Kier alpha value is -1.31. The topological polar surface area (TPSA) is 22.1 Å². The number of allylic oxidation sites excluding steroid dienone is 1. The van der Waals surface area contributed by atoms with Crippen LogP contribution in [0.1, 0.15) is 50.3 Å². The molecular formula is C15H21NO. The van der Waals surface area contributed by atoms with Gasteiger partial charge >= 0.3 is 0 Å². The van der Waals surface area contributed by atoms with Crippen molar-refractivity contribution in [1.29, 1.82) is 0 Å². The number of rotatable bonds is 2. The molecule has 0 spiro atoms. The first-order valence-electron chi connectivity index (χ1n) is 6.40. The Morgan fingerprint density at radius 2 is 1.88 bits per heavy atom. The van der Waals surface area contributed by atoms with Crippen molar-refractivity contribution in [3.8, 4) is 0 Å². The third kappa shape index (κ3) is 2.36. The summed E-state index contributed by atoms with van der Waals surface area (Å²) in [6, 6.07) is 0. The maximum Gasteiger partial charge on any atom is 0.0914 e. The Morgan fingerprint density at radius 3 is 2.53 bits per heavy atom. The van der Waals surface area contributed by atoms with Crippen LogP contribution in [0, 0.1) is 5.92 Å². The fraction of sp³-hybridized carbons (Fsp3) is 0.533. The molecule has 1 aromatic rings. The molecule has 2 heterocycles. The minimum absolute atomic E-state index is 0.478. The molecule has 1 aliphatic heterocycles. The fourth-order valence-electron chi connectivity index (χ4n) is 2.30. The lowest BCUT2D eigenvalue weighted by Crippen LogP contribution is -2.05. The Balaban J connectivity index is 2.61. The fourth-order valence-corrected chi connectivity index (χ4v) is 2.30. The zero-order valence-corrected chi connectivity index (χ0v) is 11.2. The molecule has 0 unspecified atom stereocenters. The van der Waals surface area contributed by atoms with Crippen molar-refractivity contribution in [2.75, 3.05) is 6.61 Å². The lowest BCUT2D eigenvalue weighted by atomic mass is 9.86. The van der Waals surface area contributed by atoms with Crippen molar-refractivity contribution in [2.45, 2.75) is 40.0 Å². The summed E-state index contributed by atoms with van der Waals surface area (Å²) in [5, 5.41) is 0. The van der Waals surface area contributed by atoms with E-state index in [1.165, 1.54) is 22.3 Å². The Kier molecular flexibility index (Phi) is 3.51. The van der Waals surface area contributed by atoms with Gasteiger partial charge in [0, 0.05) is 18.8 Å². The van der Waals surface area contributed by atoms with E-state index in [0.717, 1.165) is 13.0 Å². The molecule has 1 aromatic heterocycles. The quantitative estimate of drug-likeness (QED) is 0.773. The van der Waals surface area contributed by atoms with Crippen LogP contribution < -0.4 is 0 Å². The van der Waals surface area contributed by atoms with E-state index >= 15 is 0 Å². The van der Waals surface area contributed by atoms with Crippen LogP contribution in [0.4, 0.5) is 0 Å². The van der Waals surface area contributed by atoms with E-state index in [0.29, 0.717) is 11.8 Å². The Labute approximate surface area is 104 Å². The highest BCUT2D eigenvalue weighted by Gasteiger charge is 2.20. The van der Waals surface area contributed by atoms with Gasteiger partial charge in [-0.15, -0.1) is 0 Å². The monoisotopic (exact) mass is 231 g/mol. The second kappa shape index (κ2) is 4.91. The van der Waals surface area contributed by atoms with E-state index in [9.17, 15) is 0 Å². The zero-order chi connectivity index (χ0) is 12.4. The molecule has 1 aliphatic rings. The van der Waals surface area contributed by atoms with E-state index in [1.807, 2.05) is 18.7 Å². The normalized spacial score (nSPS) is 15.3. The molecular weight excluding hydrogens is 210 g/mol. The standard InChI is InChI=1S/C15H21NO/c1-10(2)13-8-16-7-12-5-6-17-9-14(11(3)4)15(12)13/h7-11H,5-6H2,1-4H3. The van der Waals surface area contributed by atoms with Gasteiger partial charge in [0.25, 0.3) is 0 Å². The zero-order valence-electron chi connectivity index (χ0n) is 11.2. The Morgan fingerprint density at radius 1 is 1.12 bits per heavy atom. The van der Waals surface area contributed by atoms with Gasteiger partial charge < -0.3 is 4.74 Å². The van der Waals surface area contributed by atoms with Gasteiger partial charge in [0.2, 0.25) is 0 Å². The van der Waals surface area contributed by atoms with Gasteiger partial charge in [0.1, 0.15) is 0 Å². The van der Waals surface area contributed by atoms with E-state index in [-0.39, 0.29) is 0 Å². The summed E-state index contributed by atoms with van der Waals surface area (Å²) >= 11 is 0. The van der Waals surface area contributed by atoms with Crippen molar-refractivity contribution in [2.24, 2.45) is 5.92 Å². The third-order valence-corrected chi connectivity index (χ3v) is 3.29. The SMILES string of the molecule is CC(C)C1=COCCc2cncc(C(C)C)c21. The highest BCUT2D eigenvalue weighted by Crippen LogP contribution is 2.34. The molecule has 0 radical (unpaired) electrons. The van der Waals surface area contributed by atoms with Crippen LogP contribution in [0.2, 0.25) is 0 Å². The van der Waals surface area contributed by atoms with E-state index in [2.05, 4.69) is 32.7 Å². The molecule has 0 bridgehead atoms. The molecule has 0 aliphatic carbocycles. The van der Waals surface area contributed by atoms with Crippen LogP contribution in [0.5, 0.6) is 0 Å². The van der Waals surface area contributed by atoms with Gasteiger partial charge in [-0.05, 0) is 34.1 Å². The van der Waals surface area contributed by atoms with Crippen LogP contribution in [-0.2, 0) is 11.2 Å². The highest BCUT2D eigenvalue weighted by atomic mass is 16.5. The predicted molar refractivity (Wildman–Crippen MR) is 70.8 cm³/mol. The molecule has 0 saturated heterocycles. The van der Waals surface area contributed by atoms with E-state index < -0.39 is 0 Å². The lowest BCUT2D eigenvalue weighted by Gasteiger charge is -2.19. The van der Waals surface area contributed by atoms with Crippen molar-refractivity contribution in [3.63, 3.8) is 0 Å². The van der Waals surface area contributed by atoms with Crippen LogP contribution in [-0.4, -0.2) is 11.6 Å². The molecule has 2 rings (SSSR count). The average molecular weight is 231 g/mol. The number of pyridine rings is 1. The minimum Gasteiger partial charge on any atom is -0.501 e. The minimum atomic E-state index is 0.478. The lowest BCUT2D eigenvalue weighted by molar-refractivity contribution is 0.256. The summed E-state index contributed by atoms with van der Waals surface area (Å²) in [5.41, 5.74) is 5.35. The van der Waals surface area contributed by atoms with Gasteiger partial charge in [0.15, 0.2) is 0 Å².